The lowest BCUT2D eigenvalue weighted by Crippen LogP contribution is -2.03. The average molecular weight is 252 g/mol. The number of ketones is 1. The summed E-state index contributed by atoms with van der Waals surface area (Å²) in [6.07, 6.45) is 3.68. The molecule has 0 saturated carbocycles. The predicted octanol–water partition coefficient (Wildman–Crippen LogP) is 2.69. The molecular weight excluding hydrogens is 240 g/mol. The molecular formula is C15H12N2O2. The van der Waals surface area contributed by atoms with Crippen molar-refractivity contribution in [3.63, 3.8) is 0 Å². The van der Waals surface area contributed by atoms with E-state index in [1.165, 1.54) is 0 Å². The number of aromatic amines is 1. The van der Waals surface area contributed by atoms with Crippen molar-refractivity contribution in [3.05, 3.63) is 60.0 Å². The van der Waals surface area contributed by atoms with Crippen molar-refractivity contribution in [1.82, 2.24) is 9.97 Å². The van der Waals surface area contributed by atoms with Gasteiger partial charge in [0.05, 0.1) is 5.69 Å². The number of nitrogens with zero attached hydrogens (tertiary/aromatic N) is 1. The second kappa shape index (κ2) is 4.57. The zero-order chi connectivity index (χ0) is 13.2. The Kier molecular flexibility index (Phi) is 2.76. The monoisotopic (exact) mass is 252 g/mol. The highest BCUT2D eigenvalue weighted by atomic mass is 16.3. The Labute approximate surface area is 109 Å². The highest BCUT2D eigenvalue weighted by Gasteiger charge is 2.10. The molecule has 2 aromatic heterocycles. The maximum atomic E-state index is 12.1. The third-order valence-corrected chi connectivity index (χ3v) is 2.99. The fourth-order valence-corrected chi connectivity index (χ4v) is 2.05. The fraction of sp³-hybridized carbons (Fsp3) is 0.0667. The van der Waals surface area contributed by atoms with Crippen LogP contribution in [0, 0.1) is 0 Å². The number of aromatic hydroxyl groups is 1. The van der Waals surface area contributed by atoms with Gasteiger partial charge in [-0.3, -0.25) is 9.78 Å². The Morgan fingerprint density at radius 1 is 1.26 bits per heavy atom. The molecule has 0 amide bonds. The van der Waals surface area contributed by atoms with E-state index in [1.54, 1.807) is 36.7 Å². The number of rotatable bonds is 3. The molecule has 3 rings (SSSR count). The number of hydrogen-bond donors (Lipinski definition) is 2. The number of pyridine rings is 1. The number of hydrogen-bond acceptors (Lipinski definition) is 3. The normalized spacial score (nSPS) is 10.7. The fourth-order valence-electron chi connectivity index (χ4n) is 2.05. The molecule has 0 fully saturated rings. The van der Waals surface area contributed by atoms with Gasteiger partial charge in [0.1, 0.15) is 5.75 Å². The van der Waals surface area contributed by atoms with Gasteiger partial charge in [-0.05, 0) is 35.9 Å². The van der Waals surface area contributed by atoms with E-state index in [0.29, 0.717) is 12.1 Å². The lowest BCUT2D eigenvalue weighted by molar-refractivity contribution is 0.0989. The Hall–Kier alpha value is -2.62. The van der Waals surface area contributed by atoms with Gasteiger partial charge in [0.15, 0.2) is 5.78 Å². The van der Waals surface area contributed by atoms with Crippen LogP contribution in [0.4, 0.5) is 0 Å². The van der Waals surface area contributed by atoms with Crippen molar-refractivity contribution in [2.75, 3.05) is 0 Å². The van der Waals surface area contributed by atoms with Crippen LogP contribution < -0.4 is 0 Å². The van der Waals surface area contributed by atoms with Crippen molar-refractivity contribution in [2.24, 2.45) is 0 Å². The van der Waals surface area contributed by atoms with E-state index in [2.05, 4.69) is 9.97 Å². The van der Waals surface area contributed by atoms with Crippen molar-refractivity contribution in [1.29, 1.82) is 0 Å². The van der Waals surface area contributed by atoms with Crippen LogP contribution in [-0.2, 0) is 6.42 Å². The first-order valence-electron chi connectivity index (χ1n) is 5.96. The van der Waals surface area contributed by atoms with Crippen LogP contribution >= 0.6 is 0 Å². The minimum atomic E-state index is 0.00342. The van der Waals surface area contributed by atoms with Gasteiger partial charge in [-0.25, -0.2) is 0 Å². The van der Waals surface area contributed by atoms with E-state index >= 15 is 0 Å². The van der Waals surface area contributed by atoms with Crippen molar-refractivity contribution < 1.29 is 9.90 Å². The molecule has 94 valence electrons. The largest absolute Gasteiger partial charge is 0.508 e. The lowest BCUT2D eigenvalue weighted by Gasteiger charge is -1.97. The minimum absolute atomic E-state index is 0.00342. The molecule has 0 aliphatic rings. The zero-order valence-corrected chi connectivity index (χ0v) is 10.1. The summed E-state index contributed by atoms with van der Waals surface area (Å²) < 4.78 is 0. The number of fused-ring (bicyclic) bond motifs is 1. The van der Waals surface area contributed by atoms with Gasteiger partial charge in [-0.2, -0.15) is 0 Å². The van der Waals surface area contributed by atoms with E-state index in [-0.39, 0.29) is 11.5 Å². The number of carbonyl (C=O) groups is 1. The van der Waals surface area contributed by atoms with E-state index in [4.69, 9.17) is 0 Å². The first kappa shape index (κ1) is 11.5. The summed E-state index contributed by atoms with van der Waals surface area (Å²) in [5, 5.41) is 10.2. The van der Waals surface area contributed by atoms with Crippen molar-refractivity contribution >= 4 is 16.7 Å². The highest BCUT2D eigenvalue weighted by Crippen LogP contribution is 2.21. The molecule has 0 bridgehead atoms. The summed E-state index contributed by atoms with van der Waals surface area (Å²) in [5.74, 6) is 0.196. The molecule has 0 saturated heterocycles. The molecule has 4 heteroatoms. The zero-order valence-electron chi connectivity index (χ0n) is 10.1. The van der Waals surface area contributed by atoms with Crippen LogP contribution in [0.2, 0.25) is 0 Å². The average Bonchev–Trinajstić information content (AvgIpc) is 2.83. The molecule has 2 heterocycles. The smallest absolute Gasteiger partial charge is 0.183 e. The molecule has 1 aromatic carbocycles. The number of phenolic OH excluding ortho intramolecular Hbond substituents is 1. The predicted molar refractivity (Wildman–Crippen MR) is 72.2 cm³/mol. The summed E-state index contributed by atoms with van der Waals surface area (Å²) in [4.78, 5) is 19.2. The summed E-state index contributed by atoms with van der Waals surface area (Å²) in [6.45, 7) is 0. The second-order valence-corrected chi connectivity index (χ2v) is 4.42. The molecule has 0 unspecified atom stereocenters. The molecule has 3 aromatic rings. The highest BCUT2D eigenvalue weighted by molar-refractivity contribution is 6.00. The molecule has 4 nitrogen and oxygen atoms in total. The van der Waals surface area contributed by atoms with Gasteiger partial charge >= 0.3 is 0 Å². The van der Waals surface area contributed by atoms with Crippen molar-refractivity contribution in [3.8, 4) is 5.75 Å². The van der Waals surface area contributed by atoms with Gasteiger partial charge < -0.3 is 10.1 Å². The number of nitrogens with one attached hydrogen (secondary N) is 1. The van der Waals surface area contributed by atoms with Crippen LogP contribution in [0.25, 0.3) is 10.9 Å². The topological polar surface area (TPSA) is 66.0 Å². The second-order valence-electron chi connectivity index (χ2n) is 4.42. The van der Waals surface area contributed by atoms with Gasteiger partial charge in [0.2, 0.25) is 0 Å². The molecule has 0 aliphatic heterocycles. The Balaban J connectivity index is 1.89. The van der Waals surface area contributed by atoms with Gasteiger partial charge in [-0.15, -0.1) is 0 Å². The molecule has 19 heavy (non-hydrogen) atoms. The summed E-state index contributed by atoms with van der Waals surface area (Å²) in [6, 6.07) is 10.4. The number of phenols is 1. The van der Waals surface area contributed by atoms with Crippen LogP contribution in [0.5, 0.6) is 5.75 Å². The summed E-state index contributed by atoms with van der Waals surface area (Å²) in [7, 11) is 0. The lowest BCUT2D eigenvalue weighted by atomic mass is 10.1. The van der Waals surface area contributed by atoms with E-state index in [1.807, 2.05) is 12.1 Å². The van der Waals surface area contributed by atoms with E-state index in [0.717, 1.165) is 16.5 Å². The van der Waals surface area contributed by atoms with Crippen molar-refractivity contribution in [2.45, 2.75) is 6.42 Å². The Morgan fingerprint density at radius 2 is 2.16 bits per heavy atom. The molecule has 2 N–H and O–H groups in total. The van der Waals surface area contributed by atoms with Crippen LogP contribution in [0.1, 0.15) is 16.1 Å². The van der Waals surface area contributed by atoms with Crippen LogP contribution in [-0.4, -0.2) is 20.9 Å². The minimum Gasteiger partial charge on any atom is -0.508 e. The number of carbonyl (C=O) groups excluding carboxylic acids is 1. The summed E-state index contributed by atoms with van der Waals surface area (Å²) in [5.41, 5.74) is 2.27. The van der Waals surface area contributed by atoms with E-state index < -0.39 is 0 Å². The van der Waals surface area contributed by atoms with Gasteiger partial charge in [-0.1, -0.05) is 6.07 Å². The summed E-state index contributed by atoms with van der Waals surface area (Å²) >= 11 is 0. The third-order valence-electron chi connectivity index (χ3n) is 2.99. The maximum absolute atomic E-state index is 12.1. The number of aromatic nitrogens is 2. The van der Waals surface area contributed by atoms with Gasteiger partial charge in [0, 0.05) is 29.7 Å². The standard InChI is InChI=1S/C15H12N2O2/c18-12-3-4-13-11(7-12)8-14(17-13)15(19)6-10-2-1-5-16-9-10/h1-5,7-9,17-18H,6H2. The number of H-pyrrole nitrogens is 1. The molecule has 0 aliphatic carbocycles. The Bertz CT molecular complexity index is 732. The first-order valence-corrected chi connectivity index (χ1v) is 5.96. The van der Waals surface area contributed by atoms with Gasteiger partial charge in [0.25, 0.3) is 0 Å². The quantitative estimate of drug-likeness (QED) is 0.704. The molecule has 0 atom stereocenters. The number of Topliss-reactive ketones (excluding diaryl/α,β-unsaturated/α-hetero) is 1. The number of benzene rings is 1. The van der Waals surface area contributed by atoms with Crippen LogP contribution in [0.3, 0.4) is 0 Å². The first-order chi connectivity index (χ1) is 9.22. The maximum Gasteiger partial charge on any atom is 0.183 e. The van der Waals surface area contributed by atoms with E-state index in [9.17, 15) is 9.90 Å². The molecule has 0 spiro atoms. The Morgan fingerprint density at radius 3 is 2.95 bits per heavy atom. The molecule has 0 radical (unpaired) electrons. The SMILES string of the molecule is O=C(Cc1cccnc1)c1cc2cc(O)ccc2[nH]1. The van der Waals surface area contributed by atoms with Crippen LogP contribution in [0.15, 0.2) is 48.8 Å². The third kappa shape index (κ3) is 2.33.